The molecule has 128 valence electrons. The van der Waals surface area contributed by atoms with Crippen molar-refractivity contribution in [2.24, 2.45) is 0 Å². The fourth-order valence-corrected chi connectivity index (χ4v) is 5.05. The van der Waals surface area contributed by atoms with Crippen LogP contribution in [-0.4, -0.2) is 29.1 Å². The first-order valence-corrected chi connectivity index (χ1v) is 11.0. The summed E-state index contributed by atoms with van der Waals surface area (Å²) in [5.74, 6) is 0. The van der Waals surface area contributed by atoms with Crippen molar-refractivity contribution in [3.05, 3.63) is 0 Å². The van der Waals surface area contributed by atoms with Gasteiger partial charge in [0, 0.05) is 26.4 Å². The molecule has 0 amide bonds. The fourth-order valence-electron chi connectivity index (χ4n) is 2.67. The minimum atomic E-state index is -2.36. The molecule has 0 bridgehead atoms. The van der Waals surface area contributed by atoms with Crippen molar-refractivity contribution in [2.45, 2.75) is 91.0 Å². The van der Waals surface area contributed by atoms with Gasteiger partial charge < -0.3 is 13.3 Å². The lowest BCUT2D eigenvalue weighted by Crippen LogP contribution is -2.44. The van der Waals surface area contributed by atoms with Gasteiger partial charge in [-0.05, 0) is 20.3 Å². The molecule has 0 aromatic carbocycles. The lowest BCUT2D eigenvalue weighted by atomic mass is 10.1. The third kappa shape index (κ3) is 11.3. The first-order valence-electron chi connectivity index (χ1n) is 9.07. The Hall–Kier alpha value is 0.0969. The van der Waals surface area contributed by atoms with E-state index in [4.69, 9.17) is 13.3 Å². The molecule has 0 aromatic rings. The average Bonchev–Trinajstić information content (AvgIpc) is 2.49. The summed E-state index contributed by atoms with van der Waals surface area (Å²) >= 11 is 0. The summed E-state index contributed by atoms with van der Waals surface area (Å²) in [6.07, 6.45) is 13.5. The molecule has 0 atom stereocenters. The normalized spacial score (nSPS) is 12.0. The Morgan fingerprint density at radius 3 is 1.43 bits per heavy atom. The SMILES string of the molecule is CCCCCCCCCCCC[Si](OC)(OCC)OCC. The van der Waals surface area contributed by atoms with E-state index in [1.807, 2.05) is 13.8 Å². The van der Waals surface area contributed by atoms with E-state index in [0.717, 1.165) is 12.5 Å². The van der Waals surface area contributed by atoms with Crippen molar-refractivity contribution < 1.29 is 13.3 Å². The molecule has 0 spiro atoms. The van der Waals surface area contributed by atoms with Gasteiger partial charge in [0.05, 0.1) is 0 Å². The Morgan fingerprint density at radius 1 is 0.619 bits per heavy atom. The molecule has 3 nitrogen and oxygen atoms in total. The quantitative estimate of drug-likeness (QED) is 0.275. The van der Waals surface area contributed by atoms with E-state index in [1.165, 1.54) is 57.8 Å². The Morgan fingerprint density at radius 2 is 1.05 bits per heavy atom. The molecular formula is C17H38O3Si. The molecular weight excluding hydrogens is 280 g/mol. The van der Waals surface area contributed by atoms with Gasteiger partial charge in [-0.2, -0.15) is 0 Å². The first kappa shape index (κ1) is 21.1. The number of unbranched alkanes of at least 4 members (excludes halogenated alkanes) is 9. The van der Waals surface area contributed by atoms with E-state index in [9.17, 15) is 0 Å². The van der Waals surface area contributed by atoms with E-state index in [-0.39, 0.29) is 0 Å². The second-order valence-corrected chi connectivity index (χ2v) is 8.54. The zero-order valence-electron chi connectivity index (χ0n) is 14.9. The van der Waals surface area contributed by atoms with Crippen LogP contribution in [-0.2, 0) is 13.3 Å². The summed E-state index contributed by atoms with van der Waals surface area (Å²) in [7, 11) is -0.630. The molecule has 4 heteroatoms. The van der Waals surface area contributed by atoms with Crippen LogP contribution in [0.25, 0.3) is 0 Å². The molecule has 0 rings (SSSR count). The van der Waals surface area contributed by atoms with Gasteiger partial charge in [-0.1, -0.05) is 64.7 Å². The largest absolute Gasteiger partial charge is 0.500 e. The van der Waals surface area contributed by atoms with Crippen LogP contribution in [0.1, 0.15) is 85.0 Å². The zero-order chi connectivity index (χ0) is 15.8. The number of hydrogen-bond donors (Lipinski definition) is 0. The minimum absolute atomic E-state index is 0.678. The lowest BCUT2D eigenvalue weighted by molar-refractivity contribution is 0.0859. The van der Waals surface area contributed by atoms with Crippen molar-refractivity contribution in [1.29, 1.82) is 0 Å². The summed E-state index contributed by atoms with van der Waals surface area (Å²) in [5.41, 5.74) is 0. The van der Waals surface area contributed by atoms with Gasteiger partial charge in [-0.15, -0.1) is 0 Å². The van der Waals surface area contributed by atoms with Crippen LogP contribution < -0.4 is 0 Å². The second-order valence-electron chi connectivity index (χ2n) is 5.69. The first-order chi connectivity index (χ1) is 10.2. The van der Waals surface area contributed by atoms with Gasteiger partial charge in [0.25, 0.3) is 0 Å². The molecule has 0 aliphatic rings. The van der Waals surface area contributed by atoms with E-state index in [1.54, 1.807) is 7.11 Å². The Kier molecular flexibility index (Phi) is 15.1. The molecule has 0 saturated carbocycles. The molecule has 0 aromatic heterocycles. The van der Waals surface area contributed by atoms with Gasteiger partial charge in [0.1, 0.15) is 0 Å². The van der Waals surface area contributed by atoms with Crippen LogP contribution >= 0.6 is 0 Å². The Bertz CT molecular complexity index is 206. The van der Waals surface area contributed by atoms with E-state index >= 15 is 0 Å². The van der Waals surface area contributed by atoms with Crippen molar-refractivity contribution in [3.63, 3.8) is 0 Å². The Labute approximate surface area is 134 Å². The summed E-state index contributed by atoms with van der Waals surface area (Å²) in [4.78, 5) is 0. The fraction of sp³-hybridized carbons (Fsp3) is 1.00. The van der Waals surface area contributed by atoms with E-state index in [0.29, 0.717) is 13.2 Å². The van der Waals surface area contributed by atoms with Crippen molar-refractivity contribution in [1.82, 2.24) is 0 Å². The van der Waals surface area contributed by atoms with Crippen molar-refractivity contribution >= 4 is 8.80 Å². The predicted octanol–water partition coefficient (Wildman–Crippen LogP) is 5.57. The van der Waals surface area contributed by atoms with Gasteiger partial charge in [0.15, 0.2) is 0 Å². The number of hydrogen-bond acceptors (Lipinski definition) is 3. The minimum Gasteiger partial charge on any atom is -0.377 e. The zero-order valence-corrected chi connectivity index (χ0v) is 15.9. The van der Waals surface area contributed by atoms with Crippen LogP contribution in [0.3, 0.4) is 0 Å². The summed E-state index contributed by atoms with van der Waals surface area (Å²) < 4.78 is 17.2. The van der Waals surface area contributed by atoms with Gasteiger partial charge in [-0.3, -0.25) is 0 Å². The van der Waals surface area contributed by atoms with E-state index in [2.05, 4.69) is 6.92 Å². The summed E-state index contributed by atoms with van der Waals surface area (Å²) in [6, 6.07) is 0.960. The molecule has 0 aliphatic heterocycles. The molecule has 0 heterocycles. The molecule has 21 heavy (non-hydrogen) atoms. The van der Waals surface area contributed by atoms with Gasteiger partial charge in [-0.25, -0.2) is 0 Å². The monoisotopic (exact) mass is 318 g/mol. The molecule has 0 radical (unpaired) electrons. The van der Waals surface area contributed by atoms with Crippen LogP contribution in [0.15, 0.2) is 0 Å². The highest BCUT2D eigenvalue weighted by atomic mass is 28.4. The second kappa shape index (κ2) is 15.0. The van der Waals surface area contributed by atoms with Crippen molar-refractivity contribution in [2.75, 3.05) is 20.3 Å². The van der Waals surface area contributed by atoms with Crippen molar-refractivity contribution in [3.8, 4) is 0 Å². The molecule has 0 fully saturated rings. The van der Waals surface area contributed by atoms with Gasteiger partial charge >= 0.3 is 8.80 Å². The van der Waals surface area contributed by atoms with Crippen LogP contribution in [0, 0.1) is 0 Å². The highest BCUT2D eigenvalue weighted by Gasteiger charge is 2.38. The predicted molar refractivity (Wildman–Crippen MR) is 92.7 cm³/mol. The smallest absolute Gasteiger partial charge is 0.377 e. The van der Waals surface area contributed by atoms with Crippen LogP contribution in [0.4, 0.5) is 0 Å². The highest BCUT2D eigenvalue weighted by molar-refractivity contribution is 6.60. The molecule has 0 aliphatic carbocycles. The number of rotatable bonds is 16. The highest BCUT2D eigenvalue weighted by Crippen LogP contribution is 2.20. The van der Waals surface area contributed by atoms with Crippen LogP contribution in [0.5, 0.6) is 0 Å². The molecule has 0 unspecified atom stereocenters. The summed E-state index contributed by atoms with van der Waals surface area (Å²) in [5, 5.41) is 0. The summed E-state index contributed by atoms with van der Waals surface area (Å²) in [6.45, 7) is 7.65. The molecule has 0 N–H and O–H groups in total. The standard InChI is InChI=1S/C17H38O3Si/c1-5-8-9-10-11-12-13-14-15-16-17-21(18-4,19-6-2)20-7-3/h5-17H2,1-4H3. The maximum absolute atomic E-state index is 5.80. The Balaban J connectivity index is 3.57. The lowest BCUT2D eigenvalue weighted by Gasteiger charge is -2.27. The maximum Gasteiger partial charge on any atom is 0.500 e. The average molecular weight is 319 g/mol. The topological polar surface area (TPSA) is 27.7 Å². The van der Waals surface area contributed by atoms with Crippen LogP contribution in [0.2, 0.25) is 6.04 Å². The van der Waals surface area contributed by atoms with Gasteiger partial charge in [0.2, 0.25) is 0 Å². The maximum atomic E-state index is 5.80. The third-order valence-electron chi connectivity index (χ3n) is 3.88. The third-order valence-corrected chi connectivity index (χ3v) is 6.92. The molecule has 0 saturated heterocycles. The van der Waals surface area contributed by atoms with E-state index < -0.39 is 8.80 Å².